The number of para-hydroxylation sites is 1. The molecule has 1 amide bonds. The predicted octanol–water partition coefficient (Wildman–Crippen LogP) is 5.63. The van der Waals surface area contributed by atoms with Crippen LogP contribution in [0.1, 0.15) is 44.5 Å². The van der Waals surface area contributed by atoms with E-state index in [4.69, 9.17) is 4.74 Å². The zero-order valence-corrected chi connectivity index (χ0v) is 20.6. The molecule has 2 heterocycles. The van der Waals surface area contributed by atoms with Crippen molar-refractivity contribution in [2.24, 2.45) is 11.3 Å². The van der Waals surface area contributed by atoms with Gasteiger partial charge in [-0.25, -0.2) is 9.37 Å². The molecule has 1 saturated carbocycles. The number of halogens is 1. The van der Waals surface area contributed by atoms with E-state index in [9.17, 15) is 18.8 Å². The number of nitrogens with one attached hydrogen (secondary N) is 3. The summed E-state index contributed by atoms with van der Waals surface area (Å²) in [6.45, 7) is 1.83. The van der Waals surface area contributed by atoms with Crippen LogP contribution in [0, 0.1) is 17.2 Å². The zero-order chi connectivity index (χ0) is 26.6. The first kappa shape index (κ1) is 23.6. The molecule has 8 nitrogen and oxygen atoms in total. The van der Waals surface area contributed by atoms with Crippen molar-refractivity contribution in [3.63, 3.8) is 0 Å². The maximum atomic E-state index is 13.8. The molecule has 6 rings (SSSR count). The number of pyridine rings is 1. The number of carbonyl (C=O) groups is 3. The molecule has 2 aromatic carbocycles. The van der Waals surface area contributed by atoms with E-state index in [2.05, 4.69) is 20.6 Å². The van der Waals surface area contributed by atoms with E-state index in [0.717, 1.165) is 11.8 Å². The van der Waals surface area contributed by atoms with Crippen molar-refractivity contribution in [2.45, 2.75) is 13.3 Å². The number of aromatic amines is 1. The molecule has 1 fully saturated rings. The first-order chi connectivity index (χ1) is 18.3. The molecule has 3 N–H and O–H groups in total. The van der Waals surface area contributed by atoms with Crippen molar-refractivity contribution in [2.75, 3.05) is 17.7 Å². The predicted molar refractivity (Wildman–Crippen MR) is 140 cm³/mol. The molecule has 4 aromatic rings. The van der Waals surface area contributed by atoms with E-state index < -0.39 is 17.1 Å². The molecule has 0 spiro atoms. The van der Waals surface area contributed by atoms with Gasteiger partial charge in [0, 0.05) is 34.3 Å². The first-order valence-corrected chi connectivity index (χ1v) is 12.1. The van der Waals surface area contributed by atoms with Crippen LogP contribution in [-0.2, 0) is 0 Å². The van der Waals surface area contributed by atoms with Crippen molar-refractivity contribution in [1.82, 2.24) is 9.97 Å². The van der Waals surface area contributed by atoms with Crippen molar-refractivity contribution >= 4 is 34.7 Å². The summed E-state index contributed by atoms with van der Waals surface area (Å²) in [5.74, 6) is -1.34. The summed E-state index contributed by atoms with van der Waals surface area (Å²) in [6.07, 6.45) is 2.07. The van der Waals surface area contributed by atoms with E-state index in [0.29, 0.717) is 34.6 Å². The van der Waals surface area contributed by atoms with Crippen LogP contribution in [-0.4, -0.2) is 34.6 Å². The molecule has 0 bridgehead atoms. The smallest absolute Gasteiger partial charge is 0.256 e. The fourth-order valence-electron chi connectivity index (χ4n) is 5.03. The van der Waals surface area contributed by atoms with E-state index in [1.54, 1.807) is 12.1 Å². The van der Waals surface area contributed by atoms with Gasteiger partial charge in [0.15, 0.2) is 23.1 Å². The fourth-order valence-corrected chi connectivity index (χ4v) is 5.03. The summed E-state index contributed by atoms with van der Waals surface area (Å²) >= 11 is 0. The van der Waals surface area contributed by atoms with E-state index in [1.165, 1.54) is 25.4 Å². The minimum Gasteiger partial charge on any atom is -0.494 e. The normalized spacial score (nSPS) is 19.4. The first-order valence-electron chi connectivity index (χ1n) is 12.1. The van der Waals surface area contributed by atoms with Crippen LogP contribution in [0.25, 0.3) is 11.3 Å². The highest BCUT2D eigenvalue weighted by Crippen LogP contribution is 2.60. The van der Waals surface area contributed by atoms with E-state index in [1.807, 2.05) is 37.3 Å². The minimum absolute atomic E-state index is 0.0472. The molecular weight excluding hydrogens is 487 g/mol. The van der Waals surface area contributed by atoms with Crippen LogP contribution in [0.2, 0.25) is 0 Å². The van der Waals surface area contributed by atoms with Gasteiger partial charge < -0.3 is 20.4 Å². The van der Waals surface area contributed by atoms with Gasteiger partial charge in [-0.05, 0) is 48.9 Å². The van der Waals surface area contributed by atoms with Crippen LogP contribution >= 0.6 is 0 Å². The molecule has 1 unspecified atom stereocenters. The Bertz CT molecular complexity index is 1630. The summed E-state index contributed by atoms with van der Waals surface area (Å²) < 4.78 is 18.7. The molecule has 0 aliphatic heterocycles. The lowest BCUT2D eigenvalue weighted by Gasteiger charge is -2.17. The third-order valence-corrected chi connectivity index (χ3v) is 7.29. The number of nitrogens with zero attached hydrogens (tertiary/aromatic N) is 1. The Morgan fingerprint density at radius 1 is 1.11 bits per heavy atom. The van der Waals surface area contributed by atoms with Gasteiger partial charge in [-0.1, -0.05) is 25.1 Å². The van der Waals surface area contributed by atoms with Crippen LogP contribution in [0.4, 0.5) is 21.6 Å². The van der Waals surface area contributed by atoms with Gasteiger partial charge >= 0.3 is 0 Å². The third kappa shape index (κ3) is 3.75. The van der Waals surface area contributed by atoms with Gasteiger partial charge in [0.2, 0.25) is 0 Å². The van der Waals surface area contributed by atoms with Gasteiger partial charge in [0.05, 0.1) is 29.7 Å². The van der Waals surface area contributed by atoms with Gasteiger partial charge in [0.1, 0.15) is 5.82 Å². The summed E-state index contributed by atoms with van der Waals surface area (Å²) in [5.41, 5.74) is 2.59. The molecule has 0 saturated heterocycles. The second-order valence-corrected chi connectivity index (χ2v) is 9.72. The van der Waals surface area contributed by atoms with Crippen molar-refractivity contribution < 1.29 is 23.5 Å². The second kappa shape index (κ2) is 8.65. The molecule has 2 aliphatic carbocycles. The third-order valence-electron chi connectivity index (χ3n) is 7.29. The lowest BCUT2D eigenvalue weighted by Crippen LogP contribution is -2.26. The Morgan fingerprint density at radius 3 is 2.66 bits per heavy atom. The number of methoxy groups -OCH3 is 1. The number of ketones is 2. The highest BCUT2D eigenvalue weighted by molar-refractivity contribution is 6.24. The number of hydrogen-bond donors (Lipinski definition) is 3. The Morgan fingerprint density at radius 2 is 1.89 bits per heavy atom. The van der Waals surface area contributed by atoms with Crippen LogP contribution < -0.4 is 15.4 Å². The largest absolute Gasteiger partial charge is 0.494 e. The number of rotatable bonds is 6. The molecule has 38 heavy (non-hydrogen) atoms. The van der Waals surface area contributed by atoms with Crippen LogP contribution in [0.3, 0.4) is 0 Å². The van der Waals surface area contributed by atoms with Crippen LogP contribution in [0.5, 0.6) is 5.75 Å². The zero-order valence-electron chi connectivity index (χ0n) is 20.6. The Labute approximate surface area is 217 Å². The van der Waals surface area contributed by atoms with E-state index in [-0.39, 0.29) is 34.6 Å². The number of fused-ring (bicyclic) bond motifs is 2. The Balaban J connectivity index is 1.39. The second-order valence-electron chi connectivity index (χ2n) is 9.72. The number of carbonyl (C=O) groups excluding carboxylic acids is 3. The standard InChI is InChI=1S/C29H23FN4O4/c1-29-14-18(29)26(35)22-24(32-17-6-4-3-5-7-17)23(34-25(22)27(29)36)15-10-11-31-21(13-15)33-28(37)16-8-9-19(30)20(12-16)38-2/h3-13,18,32,34H,14H2,1-2H3,(H,31,33,37)/t18?,29-/m1/s1. The quantitative estimate of drug-likeness (QED) is 0.310. The summed E-state index contributed by atoms with van der Waals surface area (Å²) in [6, 6.07) is 16.5. The molecule has 2 atom stereocenters. The Kier molecular flexibility index (Phi) is 5.37. The number of aromatic nitrogens is 2. The Hall–Kier alpha value is -4.79. The lowest BCUT2D eigenvalue weighted by atomic mass is 9.86. The monoisotopic (exact) mass is 510 g/mol. The molecule has 0 radical (unpaired) electrons. The molecular formula is C29H23FN4O4. The molecule has 9 heteroatoms. The number of hydrogen-bond acceptors (Lipinski definition) is 6. The van der Waals surface area contributed by atoms with Gasteiger partial charge in [-0.15, -0.1) is 0 Å². The molecule has 2 aliphatic rings. The highest BCUT2D eigenvalue weighted by atomic mass is 19.1. The van der Waals surface area contributed by atoms with E-state index >= 15 is 0 Å². The highest BCUT2D eigenvalue weighted by Gasteiger charge is 2.64. The van der Waals surface area contributed by atoms with Gasteiger partial charge in [0.25, 0.3) is 5.91 Å². The number of ether oxygens (including phenoxy) is 1. The summed E-state index contributed by atoms with van der Waals surface area (Å²) in [5, 5.41) is 6.04. The van der Waals surface area contributed by atoms with Crippen molar-refractivity contribution in [3.05, 3.63) is 89.5 Å². The maximum absolute atomic E-state index is 13.8. The number of benzene rings is 2. The number of anilines is 3. The van der Waals surface area contributed by atoms with Crippen molar-refractivity contribution in [1.29, 1.82) is 0 Å². The average molecular weight is 511 g/mol. The molecule has 2 aromatic heterocycles. The number of amides is 1. The number of Topliss-reactive ketones (excluding diaryl/α,β-unsaturated/α-hetero) is 2. The fraction of sp³-hybridized carbons (Fsp3) is 0.172. The summed E-state index contributed by atoms with van der Waals surface area (Å²) in [4.78, 5) is 47.0. The van der Waals surface area contributed by atoms with Crippen LogP contribution in [0.15, 0.2) is 66.9 Å². The average Bonchev–Trinajstić information content (AvgIpc) is 3.50. The summed E-state index contributed by atoms with van der Waals surface area (Å²) in [7, 11) is 1.32. The topological polar surface area (TPSA) is 113 Å². The van der Waals surface area contributed by atoms with Crippen molar-refractivity contribution in [3.8, 4) is 17.0 Å². The number of H-pyrrole nitrogens is 1. The minimum atomic E-state index is -0.663. The SMILES string of the molecule is COc1cc(C(=O)Nc2cc(-c3[nH]c4c(c3Nc3ccccc3)C(=O)C3C[C@@]3(C)C4=O)ccn2)ccc1F. The lowest BCUT2D eigenvalue weighted by molar-refractivity contribution is 0.0821. The maximum Gasteiger partial charge on any atom is 0.256 e. The molecule has 190 valence electrons. The van der Waals surface area contributed by atoms with Gasteiger partial charge in [-0.2, -0.15) is 0 Å². The van der Waals surface area contributed by atoms with Gasteiger partial charge in [-0.3, -0.25) is 14.4 Å².